The van der Waals surface area contributed by atoms with Gasteiger partial charge in [-0.15, -0.1) is 10.2 Å². The Morgan fingerprint density at radius 2 is 1.18 bits per heavy atom. The third kappa shape index (κ3) is 3.00. The number of rotatable bonds is 3. The van der Waals surface area contributed by atoms with Crippen molar-refractivity contribution in [1.82, 2.24) is 10.2 Å². The first-order chi connectivity index (χ1) is 16.8. The minimum Gasteiger partial charge on any atom is -0.455 e. The van der Waals surface area contributed by atoms with Gasteiger partial charge < -0.3 is 8.83 Å². The number of para-hydroxylation sites is 2. The van der Waals surface area contributed by atoms with Gasteiger partial charge >= 0.3 is 0 Å². The molecule has 0 amide bonds. The normalized spacial score (nSPS) is 11.5. The zero-order valence-electron chi connectivity index (χ0n) is 18.1. The smallest absolute Gasteiger partial charge is 0.248 e. The number of hydrogen-bond donors (Lipinski definition) is 0. The number of fused-ring (bicyclic) bond motifs is 4. The van der Waals surface area contributed by atoms with Crippen LogP contribution >= 0.6 is 0 Å². The van der Waals surface area contributed by atoms with E-state index in [0.29, 0.717) is 11.8 Å². The predicted octanol–water partition coefficient (Wildman–Crippen LogP) is 8.12. The van der Waals surface area contributed by atoms with Crippen LogP contribution in [0.15, 0.2) is 118 Å². The summed E-state index contributed by atoms with van der Waals surface area (Å²) < 4.78 is 12.2. The summed E-state index contributed by atoms with van der Waals surface area (Å²) in [5.74, 6) is 1.02. The third-order valence-electron chi connectivity index (χ3n) is 6.25. The fraction of sp³-hybridized carbons (Fsp3) is 0. The van der Waals surface area contributed by atoms with Gasteiger partial charge in [0.1, 0.15) is 11.2 Å². The fourth-order valence-electron chi connectivity index (χ4n) is 4.56. The SMILES string of the molecule is c1ccc(-c2nnc(-c3ccc4ccc(-c5cccc6c5oc5ccccc56)cc4c3)o2)cc1. The van der Waals surface area contributed by atoms with Crippen molar-refractivity contribution in [2.24, 2.45) is 0 Å². The predicted molar refractivity (Wildman–Crippen MR) is 135 cm³/mol. The molecule has 2 heterocycles. The van der Waals surface area contributed by atoms with E-state index in [0.717, 1.165) is 55.0 Å². The van der Waals surface area contributed by atoms with E-state index in [1.165, 1.54) is 0 Å². The Hall–Kier alpha value is -4.70. The molecule has 0 spiro atoms. The molecule has 34 heavy (non-hydrogen) atoms. The van der Waals surface area contributed by atoms with Gasteiger partial charge in [-0.2, -0.15) is 0 Å². The van der Waals surface area contributed by atoms with Crippen LogP contribution < -0.4 is 0 Å². The highest BCUT2D eigenvalue weighted by molar-refractivity contribution is 6.10. The lowest BCUT2D eigenvalue weighted by Gasteiger charge is -2.06. The Kier molecular flexibility index (Phi) is 4.11. The minimum atomic E-state index is 0.505. The van der Waals surface area contributed by atoms with E-state index in [-0.39, 0.29) is 0 Å². The second kappa shape index (κ2) is 7.42. The Bertz CT molecular complexity index is 1810. The Morgan fingerprint density at radius 1 is 0.471 bits per heavy atom. The summed E-state index contributed by atoms with van der Waals surface area (Å²) in [4.78, 5) is 0. The van der Waals surface area contributed by atoms with Crippen LogP contribution in [0.2, 0.25) is 0 Å². The average Bonchev–Trinajstić information content (AvgIpc) is 3.54. The first kappa shape index (κ1) is 18.8. The van der Waals surface area contributed by atoms with E-state index in [4.69, 9.17) is 8.83 Å². The molecular weight excluding hydrogens is 420 g/mol. The molecule has 0 radical (unpaired) electrons. The number of aromatic nitrogens is 2. The van der Waals surface area contributed by atoms with Crippen LogP contribution in [-0.2, 0) is 0 Å². The molecule has 0 N–H and O–H groups in total. The van der Waals surface area contributed by atoms with Gasteiger partial charge in [0, 0.05) is 27.5 Å². The van der Waals surface area contributed by atoms with E-state index < -0.39 is 0 Å². The zero-order chi connectivity index (χ0) is 22.5. The summed E-state index contributed by atoms with van der Waals surface area (Å²) in [7, 11) is 0. The highest BCUT2D eigenvalue weighted by Gasteiger charge is 2.14. The van der Waals surface area contributed by atoms with Crippen LogP contribution in [0.3, 0.4) is 0 Å². The molecule has 0 aliphatic heterocycles. The van der Waals surface area contributed by atoms with Gasteiger partial charge in [0.05, 0.1) is 0 Å². The minimum absolute atomic E-state index is 0.505. The number of furan rings is 1. The Labute approximate surface area is 195 Å². The first-order valence-corrected chi connectivity index (χ1v) is 11.2. The molecule has 0 aliphatic carbocycles. The van der Waals surface area contributed by atoms with Crippen LogP contribution in [0.1, 0.15) is 0 Å². The summed E-state index contributed by atoms with van der Waals surface area (Å²) >= 11 is 0. The lowest BCUT2D eigenvalue weighted by molar-refractivity contribution is 0.584. The average molecular weight is 438 g/mol. The van der Waals surface area contributed by atoms with E-state index >= 15 is 0 Å². The molecule has 0 fully saturated rings. The molecule has 0 bridgehead atoms. The maximum absolute atomic E-state index is 6.25. The van der Waals surface area contributed by atoms with Gasteiger partial charge in [0.15, 0.2) is 0 Å². The van der Waals surface area contributed by atoms with Crippen molar-refractivity contribution in [2.75, 3.05) is 0 Å². The maximum Gasteiger partial charge on any atom is 0.248 e. The second-order valence-electron chi connectivity index (χ2n) is 8.34. The zero-order valence-corrected chi connectivity index (χ0v) is 18.1. The van der Waals surface area contributed by atoms with Crippen molar-refractivity contribution >= 4 is 32.7 Å². The van der Waals surface area contributed by atoms with E-state index in [2.05, 4.69) is 64.8 Å². The van der Waals surface area contributed by atoms with Gasteiger partial charge in [0.2, 0.25) is 11.8 Å². The molecular formula is C30H18N2O2. The molecule has 5 aromatic carbocycles. The van der Waals surface area contributed by atoms with Gasteiger partial charge in [-0.25, -0.2) is 0 Å². The fourth-order valence-corrected chi connectivity index (χ4v) is 4.56. The highest BCUT2D eigenvalue weighted by atomic mass is 16.4. The van der Waals surface area contributed by atoms with E-state index in [9.17, 15) is 0 Å². The molecule has 0 aliphatic rings. The van der Waals surface area contributed by atoms with Gasteiger partial charge in [-0.05, 0) is 52.7 Å². The summed E-state index contributed by atoms with van der Waals surface area (Å²) in [6, 6.07) is 37.0. The molecule has 7 aromatic rings. The summed E-state index contributed by atoms with van der Waals surface area (Å²) in [6.07, 6.45) is 0. The molecule has 0 atom stereocenters. The monoisotopic (exact) mass is 438 g/mol. The lowest BCUT2D eigenvalue weighted by Crippen LogP contribution is -1.83. The van der Waals surface area contributed by atoms with Crippen LogP contribution in [0.4, 0.5) is 0 Å². The van der Waals surface area contributed by atoms with Gasteiger partial charge in [-0.3, -0.25) is 0 Å². The number of nitrogens with zero attached hydrogens (tertiary/aromatic N) is 2. The molecule has 4 heteroatoms. The number of hydrogen-bond acceptors (Lipinski definition) is 4. The van der Waals surface area contributed by atoms with Gasteiger partial charge in [-0.1, -0.05) is 72.8 Å². The summed E-state index contributed by atoms with van der Waals surface area (Å²) in [5.41, 5.74) is 5.78. The Balaban J connectivity index is 1.34. The standard InChI is InChI=1S/C30H18N2O2/c1-2-7-20(8-3-1)29-31-32-30(34-29)22-16-14-19-13-15-21(17-23(19)18-22)24-10-6-11-26-25-9-4-5-12-27(25)33-28(24)26/h1-18H. The lowest BCUT2D eigenvalue weighted by atomic mass is 9.98. The van der Waals surface area contributed by atoms with E-state index in [1.54, 1.807) is 0 Å². The van der Waals surface area contributed by atoms with Crippen LogP contribution in [0.5, 0.6) is 0 Å². The topological polar surface area (TPSA) is 52.1 Å². The van der Waals surface area contributed by atoms with Gasteiger partial charge in [0.25, 0.3) is 0 Å². The quantitative estimate of drug-likeness (QED) is 0.279. The number of benzene rings is 5. The molecule has 0 unspecified atom stereocenters. The Morgan fingerprint density at radius 3 is 2.06 bits per heavy atom. The van der Waals surface area contributed by atoms with Crippen LogP contribution in [0, 0.1) is 0 Å². The molecule has 160 valence electrons. The van der Waals surface area contributed by atoms with Crippen LogP contribution in [-0.4, -0.2) is 10.2 Å². The van der Waals surface area contributed by atoms with Crippen molar-refractivity contribution in [3.63, 3.8) is 0 Å². The van der Waals surface area contributed by atoms with Crippen molar-refractivity contribution in [1.29, 1.82) is 0 Å². The van der Waals surface area contributed by atoms with Crippen molar-refractivity contribution in [2.45, 2.75) is 0 Å². The van der Waals surface area contributed by atoms with Crippen LogP contribution in [0.25, 0.3) is 66.7 Å². The van der Waals surface area contributed by atoms with Crippen molar-refractivity contribution in [3.8, 4) is 34.0 Å². The molecule has 7 rings (SSSR count). The second-order valence-corrected chi connectivity index (χ2v) is 8.34. The molecule has 2 aromatic heterocycles. The first-order valence-electron chi connectivity index (χ1n) is 11.2. The third-order valence-corrected chi connectivity index (χ3v) is 6.25. The molecule has 4 nitrogen and oxygen atoms in total. The summed E-state index contributed by atoms with van der Waals surface area (Å²) in [5, 5.41) is 13.0. The largest absolute Gasteiger partial charge is 0.455 e. The molecule has 0 saturated carbocycles. The summed E-state index contributed by atoms with van der Waals surface area (Å²) in [6.45, 7) is 0. The van der Waals surface area contributed by atoms with E-state index in [1.807, 2.05) is 54.6 Å². The highest BCUT2D eigenvalue weighted by Crippen LogP contribution is 2.37. The molecule has 0 saturated heterocycles. The van der Waals surface area contributed by atoms with Crippen molar-refractivity contribution in [3.05, 3.63) is 109 Å². The van der Waals surface area contributed by atoms with Crippen molar-refractivity contribution < 1.29 is 8.83 Å². The maximum atomic E-state index is 6.25.